The summed E-state index contributed by atoms with van der Waals surface area (Å²) >= 11 is 0. The molecule has 0 aliphatic heterocycles. The number of aliphatic hydroxyl groups excluding tert-OH is 1. The van der Waals surface area contributed by atoms with Crippen LogP contribution in [0.15, 0.2) is 12.2 Å². The van der Waals surface area contributed by atoms with E-state index >= 15 is 0 Å². The number of carboxylic acid groups (broad SMARTS) is 1. The van der Waals surface area contributed by atoms with Crippen LogP contribution < -0.4 is 0 Å². The highest BCUT2D eigenvalue weighted by molar-refractivity contribution is 5.66. The Morgan fingerprint density at radius 2 is 0.963 bits per heavy atom. The smallest absolute Gasteiger partial charge is 0.303 e. The highest BCUT2D eigenvalue weighted by Crippen LogP contribution is 2.12. The number of hydrogen-bond donors (Lipinski definition) is 2. The number of hydrogen-bond acceptors (Lipinski definition) is 2. The molecule has 0 amide bonds. The second-order valence-electron chi connectivity index (χ2n) is 7.46. The summed E-state index contributed by atoms with van der Waals surface area (Å²) < 4.78 is 0. The van der Waals surface area contributed by atoms with Gasteiger partial charge in [-0.1, -0.05) is 96.1 Å². The molecular formula is C24H48O3. The van der Waals surface area contributed by atoms with Gasteiger partial charge in [0.1, 0.15) is 0 Å². The third kappa shape index (κ3) is 33.2. The lowest BCUT2D eigenvalue weighted by Crippen LogP contribution is -1.93. The molecule has 0 saturated carbocycles. The summed E-state index contributed by atoms with van der Waals surface area (Å²) in [4.78, 5) is 10.4. The summed E-state index contributed by atoms with van der Waals surface area (Å²) in [5.41, 5.74) is 0. The van der Waals surface area contributed by atoms with Crippen molar-refractivity contribution in [3.63, 3.8) is 0 Å². The molecule has 0 fully saturated rings. The van der Waals surface area contributed by atoms with E-state index in [1.54, 1.807) is 6.92 Å². The maximum Gasteiger partial charge on any atom is 0.303 e. The average molecular weight is 385 g/mol. The Bertz CT molecular complexity index is 300. The number of aliphatic hydroxyl groups is 1. The zero-order chi connectivity index (χ0) is 20.4. The molecule has 3 nitrogen and oxygen atoms in total. The highest BCUT2D eigenvalue weighted by Gasteiger charge is 1.96. The lowest BCUT2D eigenvalue weighted by atomic mass is 10.1. The Balaban J connectivity index is 0. The second-order valence-corrected chi connectivity index (χ2v) is 7.46. The third-order valence-electron chi connectivity index (χ3n) is 4.65. The molecule has 2 N–H and O–H groups in total. The fraction of sp³-hybridized carbons (Fsp3) is 0.875. The first kappa shape index (κ1) is 28.4. The highest BCUT2D eigenvalue weighted by atomic mass is 16.4. The normalized spacial score (nSPS) is 10.8. The van der Waals surface area contributed by atoms with E-state index in [1.807, 2.05) is 0 Å². The standard InChI is InChI=1S/C22H42O2.C2H6O/c1-2-3-4-5-6-7-8-9-10-11-12-13-14-15-16-17-18-19-20-21-22(23)24;1-2-3/h9-10H,2-8,11-21H2,1H3,(H,23,24);3H,2H2,1H3/b10-9-;. The Labute approximate surface area is 169 Å². The van der Waals surface area contributed by atoms with Crippen molar-refractivity contribution in [2.24, 2.45) is 0 Å². The number of unbranched alkanes of at least 4 members (excludes halogenated alkanes) is 15. The number of carbonyl (C=O) groups is 1. The van der Waals surface area contributed by atoms with Crippen molar-refractivity contribution in [3.05, 3.63) is 12.2 Å². The van der Waals surface area contributed by atoms with E-state index < -0.39 is 5.97 Å². The Kier molecular flexibility index (Phi) is 28.8. The lowest BCUT2D eigenvalue weighted by Gasteiger charge is -2.01. The van der Waals surface area contributed by atoms with E-state index in [-0.39, 0.29) is 6.61 Å². The van der Waals surface area contributed by atoms with Gasteiger partial charge in [-0.05, 0) is 39.0 Å². The van der Waals surface area contributed by atoms with Crippen LogP contribution in [0.4, 0.5) is 0 Å². The molecule has 0 unspecified atom stereocenters. The van der Waals surface area contributed by atoms with E-state index in [9.17, 15) is 4.79 Å². The van der Waals surface area contributed by atoms with E-state index in [1.165, 1.54) is 96.3 Å². The predicted octanol–water partition coefficient (Wildman–Crippen LogP) is 7.67. The van der Waals surface area contributed by atoms with Gasteiger partial charge in [0.15, 0.2) is 0 Å². The largest absolute Gasteiger partial charge is 0.481 e. The van der Waals surface area contributed by atoms with Crippen LogP contribution in [-0.4, -0.2) is 22.8 Å². The minimum atomic E-state index is -0.656. The summed E-state index contributed by atoms with van der Waals surface area (Å²) in [6.45, 7) is 4.20. The van der Waals surface area contributed by atoms with Gasteiger partial charge in [0.05, 0.1) is 0 Å². The number of carboxylic acids is 1. The van der Waals surface area contributed by atoms with Gasteiger partial charge >= 0.3 is 5.97 Å². The topological polar surface area (TPSA) is 57.5 Å². The van der Waals surface area contributed by atoms with Crippen LogP contribution in [0.1, 0.15) is 129 Å². The molecule has 0 saturated heterocycles. The van der Waals surface area contributed by atoms with Crippen LogP contribution in [0, 0.1) is 0 Å². The summed E-state index contributed by atoms with van der Waals surface area (Å²) in [6, 6.07) is 0. The monoisotopic (exact) mass is 384 g/mol. The number of rotatable bonds is 19. The van der Waals surface area contributed by atoms with Crippen molar-refractivity contribution < 1.29 is 15.0 Å². The maximum absolute atomic E-state index is 10.4. The zero-order valence-corrected chi connectivity index (χ0v) is 18.4. The Morgan fingerprint density at radius 3 is 1.33 bits per heavy atom. The van der Waals surface area contributed by atoms with Crippen LogP contribution in [0.5, 0.6) is 0 Å². The van der Waals surface area contributed by atoms with Crippen LogP contribution in [-0.2, 0) is 4.79 Å². The quantitative estimate of drug-likeness (QED) is 0.177. The molecule has 0 atom stereocenters. The Morgan fingerprint density at radius 1 is 0.630 bits per heavy atom. The van der Waals surface area contributed by atoms with Crippen molar-refractivity contribution in [1.82, 2.24) is 0 Å². The second kappa shape index (κ2) is 27.4. The van der Waals surface area contributed by atoms with Crippen LogP contribution in [0.25, 0.3) is 0 Å². The van der Waals surface area contributed by atoms with E-state index in [0.717, 1.165) is 12.8 Å². The molecule has 0 aliphatic rings. The molecule has 3 heteroatoms. The van der Waals surface area contributed by atoms with Crippen molar-refractivity contribution in [2.45, 2.75) is 129 Å². The molecule has 0 aliphatic carbocycles. The summed E-state index contributed by atoms with van der Waals surface area (Å²) in [5, 5.41) is 16.1. The first-order chi connectivity index (χ1) is 13.2. The first-order valence-corrected chi connectivity index (χ1v) is 11.7. The predicted molar refractivity (Wildman–Crippen MR) is 118 cm³/mol. The first-order valence-electron chi connectivity index (χ1n) is 11.7. The number of allylic oxidation sites excluding steroid dienone is 2. The summed E-state index contributed by atoms with van der Waals surface area (Å²) in [7, 11) is 0. The molecule has 0 rings (SSSR count). The molecule has 0 aromatic carbocycles. The van der Waals surface area contributed by atoms with Gasteiger partial charge in [-0.3, -0.25) is 4.79 Å². The van der Waals surface area contributed by atoms with Crippen LogP contribution in [0.3, 0.4) is 0 Å². The maximum atomic E-state index is 10.4. The fourth-order valence-corrected chi connectivity index (χ4v) is 3.05. The van der Waals surface area contributed by atoms with E-state index in [4.69, 9.17) is 10.2 Å². The van der Waals surface area contributed by atoms with Crippen molar-refractivity contribution >= 4 is 5.97 Å². The van der Waals surface area contributed by atoms with Crippen molar-refractivity contribution in [2.75, 3.05) is 6.61 Å². The minimum Gasteiger partial charge on any atom is -0.481 e. The Hall–Kier alpha value is -0.830. The fourth-order valence-electron chi connectivity index (χ4n) is 3.05. The third-order valence-corrected chi connectivity index (χ3v) is 4.65. The molecule has 0 aromatic heterocycles. The van der Waals surface area contributed by atoms with Gasteiger partial charge in [0.25, 0.3) is 0 Å². The minimum absolute atomic E-state index is 0.250. The van der Waals surface area contributed by atoms with Gasteiger partial charge in [-0.15, -0.1) is 0 Å². The lowest BCUT2D eigenvalue weighted by molar-refractivity contribution is -0.137. The molecule has 0 aromatic rings. The van der Waals surface area contributed by atoms with Gasteiger partial charge in [0.2, 0.25) is 0 Å². The zero-order valence-electron chi connectivity index (χ0n) is 18.4. The molecular weight excluding hydrogens is 336 g/mol. The number of aliphatic carboxylic acids is 1. The average Bonchev–Trinajstić information content (AvgIpc) is 2.64. The molecule has 27 heavy (non-hydrogen) atoms. The molecule has 0 bridgehead atoms. The van der Waals surface area contributed by atoms with Gasteiger partial charge < -0.3 is 10.2 Å². The van der Waals surface area contributed by atoms with Gasteiger partial charge in [-0.25, -0.2) is 0 Å². The van der Waals surface area contributed by atoms with Crippen molar-refractivity contribution in [3.8, 4) is 0 Å². The van der Waals surface area contributed by atoms with Gasteiger partial charge in [-0.2, -0.15) is 0 Å². The molecule has 0 heterocycles. The van der Waals surface area contributed by atoms with E-state index in [2.05, 4.69) is 19.1 Å². The summed E-state index contributed by atoms with van der Waals surface area (Å²) in [5.74, 6) is -0.656. The molecule has 162 valence electrons. The summed E-state index contributed by atoms with van der Waals surface area (Å²) in [6.07, 6.45) is 27.1. The van der Waals surface area contributed by atoms with E-state index in [0.29, 0.717) is 6.42 Å². The van der Waals surface area contributed by atoms with Crippen LogP contribution in [0.2, 0.25) is 0 Å². The molecule has 0 radical (unpaired) electrons. The van der Waals surface area contributed by atoms with Crippen LogP contribution >= 0.6 is 0 Å². The van der Waals surface area contributed by atoms with Crippen molar-refractivity contribution in [1.29, 1.82) is 0 Å². The van der Waals surface area contributed by atoms with Gasteiger partial charge in [0, 0.05) is 13.0 Å². The SMILES string of the molecule is CCCCCCCC/C=C\CCCCCCCCCCCC(=O)O.CCO. The molecule has 0 spiro atoms.